The molecule has 4 rings (SSSR count). The average Bonchev–Trinajstić information content (AvgIpc) is 2.96. The van der Waals surface area contributed by atoms with Gasteiger partial charge in [-0.1, -0.05) is 54.6 Å². The monoisotopic (exact) mass is 277 g/mol. The summed E-state index contributed by atoms with van der Waals surface area (Å²) in [7, 11) is 0. The van der Waals surface area contributed by atoms with Crippen LogP contribution in [0.1, 0.15) is 22.6 Å². The lowest BCUT2D eigenvalue weighted by Gasteiger charge is -2.30. The number of benzene rings is 2. The third-order valence-electron chi connectivity index (χ3n) is 4.41. The molecule has 2 aromatic carbocycles. The number of hydrogen-bond donors (Lipinski definition) is 0. The van der Waals surface area contributed by atoms with Gasteiger partial charge in [0.1, 0.15) is 0 Å². The number of allylic oxidation sites excluding steroid dienone is 1. The Bertz CT molecular complexity index is 656. The second kappa shape index (κ2) is 5.38. The van der Waals surface area contributed by atoms with Crippen molar-refractivity contribution >= 4 is 5.70 Å². The third kappa shape index (κ3) is 2.26. The van der Waals surface area contributed by atoms with Gasteiger partial charge >= 0.3 is 0 Å². The summed E-state index contributed by atoms with van der Waals surface area (Å²) in [6.45, 7) is 3.63. The van der Waals surface area contributed by atoms with Gasteiger partial charge in [0.05, 0.1) is 13.2 Å². The van der Waals surface area contributed by atoms with Crippen molar-refractivity contribution in [3.63, 3.8) is 0 Å². The van der Waals surface area contributed by atoms with Crippen LogP contribution >= 0.6 is 0 Å². The summed E-state index contributed by atoms with van der Waals surface area (Å²) in [4.78, 5) is 2.46. The highest BCUT2D eigenvalue weighted by molar-refractivity contribution is 5.75. The molecule has 0 saturated carbocycles. The molecule has 0 bridgehead atoms. The van der Waals surface area contributed by atoms with Crippen LogP contribution in [0.4, 0.5) is 0 Å². The molecule has 0 unspecified atom stereocenters. The van der Waals surface area contributed by atoms with Crippen molar-refractivity contribution in [1.29, 1.82) is 0 Å². The number of fused-ring (bicyclic) bond motifs is 1. The molecule has 1 saturated heterocycles. The molecule has 1 aliphatic carbocycles. The Labute approximate surface area is 125 Å². The summed E-state index contributed by atoms with van der Waals surface area (Å²) in [6.07, 6.45) is 2.42. The summed E-state index contributed by atoms with van der Waals surface area (Å²) < 4.78 is 5.49. The summed E-state index contributed by atoms with van der Waals surface area (Å²) in [6, 6.07) is 19.6. The van der Waals surface area contributed by atoms with Crippen LogP contribution in [-0.4, -0.2) is 31.2 Å². The molecule has 2 aliphatic rings. The van der Waals surface area contributed by atoms with Gasteiger partial charge in [-0.3, -0.25) is 0 Å². The van der Waals surface area contributed by atoms with Crippen molar-refractivity contribution < 1.29 is 4.74 Å². The highest BCUT2D eigenvalue weighted by Gasteiger charge is 2.27. The second-order valence-corrected chi connectivity index (χ2v) is 5.63. The normalized spacial score (nSPS) is 21.0. The van der Waals surface area contributed by atoms with E-state index in [0.717, 1.165) is 26.3 Å². The Morgan fingerprint density at radius 2 is 1.57 bits per heavy atom. The zero-order valence-corrected chi connectivity index (χ0v) is 12.0. The Kier molecular flexibility index (Phi) is 3.24. The van der Waals surface area contributed by atoms with Crippen molar-refractivity contribution in [1.82, 2.24) is 4.90 Å². The minimum absolute atomic E-state index is 0.375. The molecule has 0 amide bonds. The van der Waals surface area contributed by atoms with Crippen molar-refractivity contribution in [3.8, 4) is 0 Å². The largest absolute Gasteiger partial charge is 0.378 e. The molecule has 0 radical (unpaired) electrons. The first-order valence-electron chi connectivity index (χ1n) is 7.62. The smallest absolute Gasteiger partial charge is 0.0642 e. The maximum Gasteiger partial charge on any atom is 0.0642 e. The summed E-state index contributed by atoms with van der Waals surface area (Å²) >= 11 is 0. The zero-order valence-electron chi connectivity index (χ0n) is 12.0. The topological polar surface area (TPSA) is 12.5 Å². The Balaban J connectivity index is 1.77. The maximum absolute atomic E-state index is 5.49. The minimum atomic E-state index is 0.375. The fourth-order valence-corrected chi connectivity index (χ4v) is 3.36. The van der Waals surface area contributed by atoms with Crippen molar-refractivity contribution in [2.45, 2.75) is 5.92 Å². The summed E-state index contributed by atoms with van der Waals surface area (Å²) in [5, 5.41) is 0. The van der Waals surface area contributed by atoms with E-state index in [0.29, 0.717) is 5.92 Å². The van der Waals surface area contributed by atoms with E-state index in [2.05, 4.69) is 65.6 Å². The number of ether oxygens (including phenoxy) is 1. The molecule has 2 nitrogen and oxygen atoms in total. The summed E-state index contributed by atoms with van der Waals surface area (Å²) in [5.74, 6) is 0.375. The van der Waals surface area contributed by atoms with E-state index in [1.54, 1.807) is 0 Å². The number of morpholine rings is 1. The first-order valence-corrected chi connectivity index (χ1v) is 7.62. The van der Waals surface area contributed by atoms with Gasteiger partial charge in [-0.05, 0) is 17.2 Å². The third-order valence-corrected chi connectivity index (χ3v) is 4.41. The van der Waals surface area contributed by atoms with Gasteiger partial charge in [0.2, 0.25) is 0 Å². The van der Waals surface area contributed by atoms with E-state index >= 15 is 0 Å². The molecule has 106 valence electrons. The van der Waals surface area contributed by atoms with E-state index < -0.39 is 0 Å². The highest BCUT2D eigenvalue weighted by atomic mass is 16.5. The van der Waals surface area contributed by atoms with Gasteiger partial charge in [0, 0.05) is 30.3 Å². The molecule has 1 heterocycles. The SMILES string of the molecule is C1=C(N2CCOCC2)c2ccccc2[C@@H]1c1ccccc1. The lowest BCUT2D eigenvalue weighted by molar-refractivity contribution is 0.0640. The first-order chi connectivity index (χ1) is 10.4. The van der Waals surface area contributed by atoms with Crippen LogP contribution in [0.5, 0.6) is 0 Å². The standard InChI is InChI=1S/C19H19NO/c1-2-6-15(7-3-1)18-14-19(20-10-12-21-13-11-20)17-9-5-4-8-16(17)18/h1-9,14,18H,10-13H2/t18-/m0/s1. The Morgan fingerprint density at radius 3 is 2.38 bits per heavy atom. The van der Waals surface area contributed by atoms with E-state index in [1.807, 2.05) is 0 Å². The fourth-order valence-electron chi connectivity index (χ4n) is 3.36. The zero-order chi connectivity index (χ0) is 14.1. The minimum Gasteiger partial charge on any atom is -0.378 e. The van der Waals surface area contributed by atoms with Gasteiger partial charge in [0.15, 0.2) is 0 Å². The van der Waals surface area contributed by atoms with E-state index in [4.69, 9.17) is 4.74 Å². The first kappa shape index (κ1) is 12.7. The van der Waals surface area contributed by atoms with Crippen LogP contribution in [0.3, 0.4) is 0 Å². The average molecular weight is 277 g/mol. The lowest BCUT2D eigenvalue weighted by Crippen LogP contribution is -2.34. The van der Waals surface area contributed by atoms with Crippen LogP contribution in [0, 0.1) is 0 Å². The number of hydrogen-bond acceptors (Lipinski definition) is 2. The molecule has 0 aromatic heterocycles. The van der Waals surface area contributed by atoms with Crippen molar-refractivity contribution in [2.75, 3.05) is 26.3 Å². The molecule has 0 spiro atoms. The molecule has 0 N–H and O–H groups in total. The lowest BCUT2D eigenvalue weighted by atomic mass is 9.93. The van der Waals surface area contributed by atoms with Crippen LogP contribution in [0.2, 0.25) is 0 Å². The van der Waals surface area contributed by atoms with Gasteiger partial charge in [-0.2, -0.15) is 0 Å². The summed E-state index contributed by atoms with van der Waals surface area (Å²) in [5.41, 5.74) is 5.55. The molecular weight excluding hydrogens is 258 g/mol. The van der Waals surface area contributed by atoms with Crippen molar-refractivity contribution in [3.05, 3.63) is 77.4 Å². The molecule has 2 heteroatoms. The van der Waals surface area contributed by atoms with E-state index in [9.17, 15) is 0 Å². The highest BCUT2D eigenvalue weighted by Crippen LogP contribution is 2.41. The maximum atomic E-state index is 5.49. The Morgan fingerprint density at radius 1 is 0.857 bits per heavy atom. The molecule has 21 heavy (non-hydrogen) atoms. The quantitative estimate of drug-likeness (QED) is 0.833. The Hall–Kier alpha value is -2.06. The predicted octanol–water partition coefficient (Wildman–Crippen LogP) is 3.51. The second-order valence-electron chi connectivity index (χ2n) is 5.63. The van der Waals surface area contributed by atoms with E-state index in [1.165, 1.54) is 22.4 Å². The fraction of sp³-hybridized carbons (Fsp3) is 0.263. The van der Waals surface area contributed by atoms with Gasteiger partial charge < -0.3 is 9.64 Å². The number of rotatable bonds is 2. The van der Waals surface area contributed by atoms with Crippen LogP contribution in [0.25, 0.3) is 5.70 Å². The molecule has 1 atom stereocenters. The molecule has 2 aromatic rings. The van der Waals surface area contributed by atoms with Gasteiger partial charge in [-0.15, -0.1) is 0 Å². The van der Waals surface area contributed by atoms with Gasteiger partial charge in [-0.25, -0.2) is 0 Å². The van der Waals surface area contributed by atoms with Gasteiger partial charge in [0.25, 0.3) is 0 Å². The van der Waals surface area contributed by atoms with E-state index in [-0.39, 0.29) is 0 Å². The number of nitrogens with zero attached hydrogens (tertiary/aromatic N) is 1. The molecule has 1 aliphatic heterocycles. The van der Waals surface area contributed by atoms with Crippen LogP contribution in [-0.2, 0) is 4.74 Å². The molecule has 1 fully saturated rings. The molecular formula is C19H19NO. The predicted molar refractivity (Wildman–Crippen MR) is 85.1 cm³/mol. The van der Waals surface area contributed by atoms with Crippen molar-refractivity contribution in [2.24, 2.45) is 0 Å². The van der Waals surface area contributed by atoms with Crippen LogP contribution < -0.4 is 0 Å². The van der Waals surface area contributed by atoms with Crippen LogP contribution in [0.15, 0.2) is 60.7 Å².